The van der Waals surface area contributed by atoms with E-state index in [0.29, 0.717) is 0 Å². The highest BCUT2D eigenvalue weighted by Gasteiger charge is 2.11. The molecule has 0 aromatic carbocycles. The average molecular weight is 139 g/mol. The summed E-state index contributed by atoms with van der Waals surface area (Å²) in [5.74, 6) is 1.74. The van der Waals surface area contributed by atoms with E-state index in [1.165, 1.54) is 32.1 Å². The topological polar surface area (TPSA) is 0 Å². The molecule has 0 N–H and O–H groups in total. The van der Waals surface area contributed by atoms with E-state index in [0.717, 1.165) is 11.8 Å². The standard InChI is InChI=1S/C10H19/c1-9-6-4-3-5-7-10(2)8-9/h8-10H,3-7H2,1-2H3. The molecule has 0 bridgehead atoms. The summed E-state index contributed by atoms with van der Waals surface area (Å²) in [5, 5.41) is 0. The molecule has 2 unspecified atom stereocenters. The normalized spacial score (nSPS) is 36.6. The smallest absolute Gasteiger partial charge is 0.0329 e. The summed E-state index contributed by atoms with van der Waals surface area (Å²) < 4.78 is 0. The molecule has 0 spiro atoms. The van der Waals surface area contributed by atoms with Crippen molar-refractivity contribution in [3.05, 3.63) is 6.42 Å². The summed E-state index contributed by atoms with van der Waals surface area (Å²) in [4.78, 5) is 0. The van der Waals surface area contributed by atoms with Gasteiger partial charge in [-0.2, -0.15) is 0 Å². The monoisotopic (exact) mass is 139 g/mol. The zero-order chi connectivity index (χ0) is 7.40. The molecule has 10 heavy (non-hydrogen) atoms. The first-order valence-corrected chi connectivity index (χ1v) is 4.64. The maximum atomic E-state index is 2.53. The Kier molecular flexibility index (Phi) is 3.24. The molecule has 1 fully saturated rings. The number of rotatable bonds is 0. The first-order chi connectivity index (χ1) is 4.79. The van der Waals surface area contributed by atoms with Gasteiger partial charge in [-0.1, -0.05) is 46.0 Å². The Bertz CT molecular complexity index is 76.0. The van der Waals surface area contributed by atoms with Crippen molar-refractivity contribution in [2.24, 2.45) is 11.8 Å². The van der Waals surface area contributed by atoms with Crippen LogP contribution in [0.2, 0.25) is 0 Å². The van der Waals surface area contributed by atoms with E-state index in [-0.39, 0.29) is 0 Å². The third kappa shape index (κ3) is 2.72. The molecule has 0 heterocycles. The van der Waals surface area contributed by atoms with Crippen molar-refractivity contribution >= 4 is 0 Å². The molecule has 0 saturated heterocycles. The molecule has 0 aliphatic heterocycles. The SMILES string of the molecule is CC1[CH]C(C)CCCCC1. The molecule has 1 radical (unpaired) electrons. The Morgan fingerprint density at radius 3 is 1.90 bits per heavy atom. The summed E-state index contributed by atoms with van der Waals surface area (Å²) in [6.07, 6.45) is 9.73. The third-order valence-electron chi connectivity index (χ3n) is 2.48. The van der Waals surface area contributed by atoms with Gasteiger partial charge in [-0.15, -0.1) is 0 Å². The Morgan fingerprint density at radius 1 is 0.900 bits per heavy atom. The van der Waals surface area contributed by atoms with Crippen molar-refractivity contribution in [2.45, 2.75) is 46.0 Å². The van der Waals surface area contributed by atoms with Crippen LogP contribution in [-0.2, 0) is 0 Å². The third-order valence-corrected chi connectivity index (χ3v) is 2.48. The fourth-order valence-corrected chi connectivity index (χ4v) is 1.86. The Labute approximate surface area is 65.0 Å². The summed E-state index contributed by atoms with van der Waals surface area (Å²) >= 11 is 0. The lowest BCUT2D eigenvalue weighted by molar-refractivity contribution is 0.416. The van der Waals surface area contributed by atoms with Crippen molar-refractivity contribution in [1.82, 2.24) is 0 Å². The van der Waals surface area contributed by atoms with E-state index in [2.05, 4.69) is 20.3 Å². The fraction of sp³-hybridized carbons (Fsp3) is 0.900. The van der Waals surface area contributed by atoms with Crippen LogP contribution in [0.4, 0.5) is 0 Å². The van der Waals surface area contributed by atoms with Gasteiger partial charge >= 0.3 is 0 Å². The van der Waals surface area contributed by atoms with Gasteiger partial charge < -0.3 is 0 Å². The van der Waals surface area contributed by atoms with Gasteiger partial charge in [-0.25, -0.2) is 0 Å². The van der Waals surface area contributed by atoms with Gasteiger partial charge in [0.2, 0.25) is 0 Å². The molecule has 0 amide bonds. The zero-order valence-electron chi connectivity index (χ0n) is 7.27. The molecule has 0 aromatic rings. The van der Waals surface area contributed by atoms with Crippen molar-refractivity contribution in [3.8, 4) is 0 Å². The van der Waals surface area contributed by atoms with Crippen LogP contribution in [-0.4, -0.2) is 0 Å². The van der Waals surface area contributed by atoms with E-state index in [1.54, 1.807) is 0 Å². The highest BCUT2D eigenvalue weighted by atomic mass is 14.2. The molecule has 2 atom stereocenters. The van der Waals surface area contributed by atoms with Crippen molar-refractivity contribution < 1.29 is 0 Å². The van der Waals surface area contributed by atoms with E-state index in [9.17, 15) is 0 Å². The summed E-state index contributed by atoms with van der Waals surface area (Å²) in [5.41, 5.74) is 0. The molecule has 1 rings (SSSR count). The molecule has 0 nitrogen and oxygen atoms in total. The predicted molar refractivity (Wildman–Crippen MR) is 45.7 cm³/mol. The maximum absolute atomic E-state index is 2.53. The van der Waals surface area contributed by atoms with E-state index < -0.39 is 0 Å². The summed E-state index contributed by atoms with van der Waals surface area (Å²) in [6, 6.07) is 0. The van der Waals surface area contributed by atoms with Crippen LogP contribution in [0.25, 0.3) is 0 Å². The van der Waals surface area contributed by atoms with E-state index in [4.69, 9.17) is 0 Å². The lowest BCUT2D eigenvalue weighted by Crippen LogP contribution is -2.07. The predicted octanol–water partition coefficient (Wildman–Crippen LogP) is 3.43. The molecule has 1 aliphatic rings. The highest BCUT2D eigenvalue weighted by molar-refractivity contribution is 4.80. The minimum atomic E-state index is 0.871. The maximum Gasteiger partial charge on any atom is -0.0329 e. The van der Waals surface area contributed by atoms with Crippen LogP contribution in [0.3, 0.4) is 0 Å². The second-order valence-electron chi connectivity index (χ2n) is 3.79. The number of hydrogen-bond acceptors (Lipinski definition) is 0. The number of hydrogen-bond donors (Lipinski definition) is 0. The van der Waals surface area contributed by atoms with Gasteiger partial charge in [0.05, 0.1) is 0 Å². The molecule has 0 heteroatoms. The quantitative estimate of drug-likeness (QED) is 0.482. The minimum Gasteiger partial charge on any atom is -0.0622 e. The van der Waals surface area contributed by atoms with Gasteiger partial charge in [0, 0.05) is 0 Å². The van der Waals surface area contributed by atoms with Crippen molar-refractivity contribution in [2.75, 3.05) is 0 Å². The highest BCUT2D eigenvalue weighted by Crippen LogP contribution is 2.24. The van der Waals surface area contributed by atoms with Gasteiger partial charge in [0.25, 0.3) is 0 Å². The van der Waals surface area contributed by atoms with Crippen molar-refractivity contribution in [3.63, 3.8) is 0 Å². The average Bonchev–Trinajstić information content (AvgIpc) is 1.83. The van der Waals surface area contributed by atoms with E-state index in [1.807, 2.05) is 0 Å². The second kappa shape index (κ2) is 4.00. The summed E-state index contributed by atoms with van der Waals surface area (Å²) in [7, 11) is 0. The largest absolute Gasteiger partial charge is 0.0622 e. The Hall–Kier alpha value is 0. The molecule has 1 saturated carbocycles. The van der Waals surface area contributed by atoms with Gasteiger partial charge in [-0.3, -0.25) is 0 Å². The lowest BCUT2D eigenvalue weighted by atomic mass is 9.86. The summed E-state index contributed by atoms with van der Waals surface area (Å²) in [6.45, 7) is 4.70. The molecule has 59 valence electrons. The molecule has 0 aromatic heterocycles. The van der Waals surface area contributed by atoms with Crippen LogP contribution in [0, 0.1) is 18.3 Å². The molecular formula is C10H19. The van der Waals surface area contributed by atoms with Gasteiger partial charge in [0.1, 0.15) is 0 Å². The fourth-order valence-electron chi connectivity index (χ4n) is 1.86. The Balaban J connectivity index is 2.25. The second-order valence-corrected chi connectivity index (χ2v) is 3.79. The van der Waals surface area contributed by atoms with Crippen LogP contribution in [0.5, 0.6) is 0 Å². The first-order valence-electron chi connectivity index (χ1n) is 4.64. The van der Waals surface area contributed by atoms with Crippen LogP contribution in [0.15, 0.2) is 0 Å². The lowest BCUT2D eigenvalue weighted by Gasteiger charge is -2.19. The van der Waals surface area contributed by atoms with Gasteiger partial charge in [0.15, 0.2) is 0 Å². The zero-order valence-corrected chi connectivity index (χ0v) is 7.27. The van der Waals surface area contributed by atoms with Crippen molar-refractivity contribution in [1.29, 1.82) is 0 Å². The van der Waals surface area contributed by atoms with Crippen LogP contribution < -0.4 is 0 Å². The first kappa shape index (κ1) is 8.10. The minimum absolute atomic E-state index is 0.871. The molecule has 1 aliphatic carbocycles. The van der Waals surface area contributed by atoms with E-state index >= 15 is 0 Å². The van der Waals surface area contributed by atoms with Crippen LogP contribution in [0.1, 0.15) is 46.0 Å². The molecular weight excluding hydrogens is 120 g/mol. The van der Waals surface area contributed by atoms with Gasteiger partial charge in [-0.05, 0) is 18.3 Å². The van der Waals surface area contributed by atoms with Crippen LogP contribution >= 0.6 is 0 Å². The Morgan fingerprint density at radius 2 is 1.40 bits per heavy atom.